The third kappa shape index (κ3) is 4.14. The summed E-state index contributed by atoms with van der Waals surface area (Å²) in [7, 11) is 3.10. The molecule has 1 aromatic carbocycles. The van der Waals surface area contributed by atoms with Crippen LogP contribution in [0.3, 0.4) is 0 Å². The molecule has 33 heavy (non-hydrogen) atoms. The van der Waals surface area contributed by atoms with Gasteiger partial charge in [-0.2, -0.15) is 0 Å². The van der Waals surface area contributed by atoms with Crippen LogP contribution in [0.2, 0.25) is 0 Å². The number of fused-ring (bicyclic) bond motifs is 1. The lowest BCUT2D eigenvalue weighted by Gasteiger charge is -2.25. The number of aryl methyl sites for hydroxylation is 1. The number of allylic oxidation sites excluding steroid dienone is 1. The second-order valence-corrected chi connectivity index (χ2v) is 9.34. The van der Waals surface area contributed by atoms with Crippen molar-refractivity contribution in [2.24, 2.45) is 4.99 Å². The number of methoxy groups -OCH3 is 2. The van der Waals surface area contributed by atoms with Gasteiger partial charge < -0.3 is 14.2 Å². The maximum atomic E-state index is 13.6. The maximum Gasteiger partial charge on any atom is 0.338 e. The highest BCUT2D eigenvalue weighted by atomic mass is 32.1. The van der Waals surface area contributed by atoms with Crippen LogP contribution in [-0.4, -0.2) is 31.4 Å². The number of benzene rings is 1. The van der Waals surface area contributed by atoms with Gasteiger partial charge in [0.05, 0.1) is 42.7 Å². The van der Waals surface area contributed by atoms with E-state index < -0.39 is 12.0 Å². The molecule has 4 rings (SSSR count). The van der Waals surface area contributed by atoms with Gasteiger partial charge in [-0.1, -0.05) is 17.4 Å². The molecule has 0 saturated carbocycles. The molecule has 0 bridgehead atoms. The molecule has 9 heteroatoms. The highest BCUT2D eigenvalue weighted by Gasteiger charge is 2.33. The number of hydrogen-bond acceptors (Lipinski definition) is 8. The Bertz CT molecular complexity index is 1430. The molecule has 0 radical (unpaired) electrons. The van der Waals surface area contributed by atoms with Crippen molar-refractivity contribution in [2.45, 2.75) is 26.8 Å². The molecular formula is C24H24N2O5S2. The quantitative estimate of drug-likeness (QED) is 0.502. The van der Waals surface area contributed by atoms with E-state index >= 15 is 0 Å². The molecule has 1 aliphatic heterocycles. The van der Waals surface area contributed by atoms with Crippen LogP contribution in [0.15, 0.2) is 50.7 Å². The van der Waals surface area contributed by atoms with Crippen molar-refractivity contribution < 1.29 is 19.0 Å². The van der Waals surface area contributed by atoms with E-state index in [1.807, 2.05) is 30.5 Å². The highest BCUT2D eigenvalue weighted by molar-refractivity contribution is 7.11. The predicted molar refractivity (Wildman–Crippen MR) is 129 cm³/mol. The van der Waals surface area contributed by atoms with Crippen LogP contribution in [0.5, 0.6) is 11.5 Å². The summed E-state index contributed by atoms with van der Waals surface area (Å²) in [4.78, 5) is 32.7. The second-order valence-electron chi connectivity index (χ2n) is 7.38. The van der Waals surface area contributed by atoms with E-state index in [0.29, 0.717) is 37.7 Å². The predicted octanol–water partition coefficient (Wildman–Crippen LogP) is 3.19. The molecule has 0 saturated heterocycles. The molecule has 1 aliphatic rings. The van der Waals surface area contributed by atoms with Gasteiger partial charge in [-0.3, -0.25) is 9.36 Å². The molecule has 0 spiro atoms. The molecular weight excluding hydrogens is 460 g/mol. The van der Waals surface area contributed by atoms with Crippen LogP contribution in [-0.2, 0) is 9.53 Å². The van der Waals surface area contributed by atoms with Crippen molar-refractivity contribution in [3.8, 4) is 11.5 Å². The van der Waals surface area contributed by atoms with Crippen LogP contribution in [0.1, 0.15) is 35.9 Å². The first-order valence-electron chi connectivity index (χ1n) is 10.3. The van der Waals surface area contributed by atoms with Crippen molar-refractivity contribution >= 4 is 34.7 Å². The highest BCUT2D eigenvalue weighted by Crippen LogP contribution is 2.36. The number of carbonyl (C=O) groups excluding carboxylic acids is 1. The lowest BCUT2D eigenvalue weighted by atomic mass is 9.95. The summed E-state index contributed by atoms with van der Waals surface area (Å²) in [6.07, 6.45) is 1.89. The Morgan fingerprint density at radius 2 is 1.94 bits per heavy atom. The van der Waals surface area contributed by atoms with E-state index in [-0.39, 0.29) is 12.2 Å². The first-order chi connectivity index (χ1) is 15.9. The van der Waals surface area contributed by atoms with Crippen molar-refractivity contribution in [1.29, 1.82) is 0 Å². The lowest BCUT2D eigenvalue weighted by molar-refractivity contribution is -0.139. The number of esters is 1. The fourth-order valence-corrected chi connectivity index (χ4v) is 5.74. The summed E-state index contributed by atoms with van der Waals surface area (Å²) in [6, 6.07) is 6.68. The smallest absolute Gasteiger partial charge is 0.338 e. The molecule has 1 unspecified atom stereocenters. The average Bonchev–Trinajstić information content (AvgIpc) is 3.34. The zero-order chi connectivity index (χ0) is 23.7. The van der Waals surface area contributed by atoms with Crippen molar-refractivity contribution in [1.82, 2.24) is 4.57 Å². The Morgan fingerprint density at radius 3 is 2.58 bits per heavy atom. The fraction of sp³-hybridized carbons (Fsp3) is 0.292. The third-order valence-electron chi connectivity index (χ3n) is 5.40. The number of ether oxygens (including phenoxy) is 3. The number of nitrogens with zero attached hydrogens (tertiary/aromatic N) is 2. The standard InChI is InChI=1S/C24H24N2O5S2/c1-6-31-23(28)20-14(3)25-24-26(21(20)15-7-8-16(29-4)17(11-15)30-5)22(27)19(33-24)12-18-13(2)9-10-32-18/h7-12,21H,6H2,1-5H3/b19-12+. The van der Waals surface area contributed by atoms with Gasteiger partial charge in [-0.05, 0) is 61.6 Å². The van der Waals surface area contributed by atoms with Gasteiger partial charge in [-0.15, -0.1) is 11.3 Å². The second kappa shape index (κ2) is 9.36. The van der Waals surface area contributed by atoms with Gasteiger partial charge in [0, 0.05) is 4.88 Å². The Morgan fingerprint density at radius 1 is 1.18 bits per heavy atom. The SMILES string of the molecule is CCOC(=O)C1=C(C)N=c2s/c(=C/c3sccc3C)c(=O)n2C1c1ccc(OC)c(OC)c1. The van der Waals surface area contributed by atoms with Crippen LogP contribution in [0, 0.1) is 6.92 Å². The number of thiazole rings is 1. The molecule has 0 amide bonds. The van der Waals surface area contributed by atoms with Gasteiger partial charge in [0.2, 0.25) is 0 Å². The van der Waals surface area contributed by atoms with Crippen LogP contribution >= 0.6 is 22.7 Å². The molecule has 0 N–H and O–H groups in total. The van der Waals surface area contributed by atoms with E-state index in [1.54, 1.807) is 56.1 Å². The molecule has 1 atom stereocenters. The number of carbonyl (C=O) groups is 1. The van der Waals surface area contributed by atoms with Crippen molar-refractivity contribution in [2.75, 3.05) is 20.8 Å². The number of thiophene rings is 1. The third-order valence-corrected chi connectivity index (χ3v) is 7.35. The molecule has 7 nitrogen and oxygen atoms in total. The summed E-state index contributed by atoms with van der Waals surface area (Å²) < 4.78 is 18.3. The molecule has 0 aliphatic carbocycles. The Labute approximate surface area is 198 Å². The first-order valence-corrected chi connectivity index (χ1v) is 12.0. The minimum absolute atomic E-state index is 0.208. The van der Waals surface area contributed by atoms with E-state index in [1.165, 1.54) is 11.3 Å². The summed E-state index contributed by atoms with van der Waals surface area (Å²) in [6.45, 7) is 5.74. The fourth-order valence-electron chi connectivity index (χ4n) is 3.78. The number of rotatable bonds is 6. The van der Waals surface area contributed by atoms with Crippen LogP contribution in [0.25, 0.3) is 6.08 Å². The summed E-state index contributed by atoms with van der Waals surface area (Å²) in [5.41, 5.74) is 2.44. The minimum atomic E-state index is -0.702. The van der Waals surface area contributed by atoms with Crippen molar-refractivity contribution in [3.05, 3.63) is 76.6 Å². The average molecular weight is 485 g/mol. The number of aromatic nitrogens is 1. The minimum Gasteiger partial charge on any atom is -0.493 e. The van der Waals surface area contributed by atoms with E-state index in [9.17, 15) is 9.59 Å². The monoisotopic (exact) mass is 484 g/mol. The largest absolute Gasteiger partial charge is 0.493 e. The molecule has 172 valence electrons. The summed E-state index contributed by atoms with van der Waals surface area (Å²) in [5.74, 6) is 0.561. The van der Waals surface area contributed by atoms with E-state index in [2.05, 4.69) is 4.99 Å². The first kappa shape index (κ1) is 23.0. The Kier molecular flexibility index (Phi) is 6.53. The van der Waals surface area contributed by atoms with Crippen LogP contribution in [0.4, 0.5) is 0 Å². The van der Waals surface area contributed by atoms with Gasteiger partial charge in [0.15, 0.2) is 16.3 Å². The summed E-state index contributed by atoms with van der Waals surface area (Å²) in [5, 5.41) is 1.99. The van der Waals surface area contributed by atoms with Gasteiger partial charge in [0.1, 0.15) is 0 Å². The zero-order valence-electron chi connectivity index (χ0n) is 19.0. The van der Waals surface area contributed by atoms with Gasteiger partial charge in [0.25, 0.3) is 5.56 Å². The van der Waals surface area contributed by atoms with Gasteiger partial charge in [-0.25, -0.2) is 9.79 Å². The Hall–Kier alpha value is -3.17. The van der Waals surface area contributed by atoms with E-state index in [4.69, 9.17) is 14.2 Å². The number of hydrogen-bond donors (Lipinski definition) is 0. The van der Waals surface area contributed by atoms with Crippen molar-refractivity contribution in [3.63, 3.8) is 0 Å². The van der Waals surface area contributed by atoms with E-state index in [0.717, 1.165) is 10.4 Å². The zero-order valence-corrected chi connectivity index (χ0v) is 20.6. The normalized spacial score (nSPS) is 15.8. The topological polar surface area (TPSA) is 79.1 Å². The molecule has 3 aromatic rings. The molecule has 2 aromatic heterocycles. The molecule has 3 heterocycles. The molecule has 0 fully saturated rings. The Balaban J connectivity index is 1.99. The van der Waals surface area contributed by atoms with Gasteiger partial charge >= 0.3 is 5.97 Å². The van der Waals surface area contributed by atoms with Crippen LogP contribution < -0.4 is 24.4 Å². The maximum absolute atomic E-state index is 13.6. The lowest BCUT2D eigenvalue weighted by Crippen LogP contribution is -2.39. The summed E-state index contributed by atoms with van der Waals surface area (Å²) >= 11 is 2.88.